The molecule has 1 aromatic rings. The number of hydrogen-bond acceptors (Lipinski definition) is 4. The second kappa shape index (κ2) is 3.38. The van der Waals surface area contributed by atoms with Crippen LogP contribution in [0.2, 0.25) is 0 Å². The number of aromatic nitrogens is 2. The van der Waals surface area contributed by atoms with Crippen LogP contribution in [0.25, 0.3) is 0 Å². The minimum absolute atomic E-state index is 0.281. The number of carbonyl (C=O) groups is 1. The third-order valence-electron chi connectivity index (χ3n) is 2.05. The van der Waals surface area contributed by atoms with E-state index in [2.05, 4.69) is 20.7 Å². The maximum atomic E-state index is 10.6. The third kappa shape index (κ3) is 1.58. The van der Waals surface area contributed by atoms with Gasteiger partial charge in [0.2, 0.25) is 18.7 Å². The summed E-state index contributed by atoms with van der Waals surface area (Å²) in [7, 11) is 0. The largest absolute Gasteiger partial charge is 0.431 e. The molecule has 5 nitrogen and oxygen atoms in total. The molecule has 0 aliphatic carbocycles. The fourth-order valence-electron chi connectivity index (χ4n) is 1.37. The molecular formula is C8H9N3O2. The molecule has 2 aliphatic rings. The van der Waals surface area contributed by atoms with E-state index in [9.17, 15) is 4.79 Å². The van der Waals surface area contributed by atoms with Gasteiger partial charge in [0.25, 0.3) is 0 Å². The number of rotatable bonds is 0. The Morgan fingerprint density at radius 3 is 2.62 bits per heavy atom. The molecule has 1 saturated heterocycles. The lowest BCUT2D eigenvalue weighted by atomic mass is 10.0. The topological polar surface area (TPSA) is 59.2 Å². The van der Waals surface area contributed by atoms with Crippen LogP contribution in [0.3, 0.4) is 0 Å². The summed E-state index contributed by atoms with van der Waals surface area (Å²) < 4.78 is 4.36. The van der Waals surface area contributed by atoms with E-state index in [1.165, 1.54) is 12.8 Å². The Hall–Kier alpha value is -1.65. The zero-order valence-corrected chi connectivity index (χ0v) is 6.96. The lowest BCUT2D eigenvalue weighted by Crippen LogP contribution is -2.45. The van der Waals surface area contributed by atoms with E-state index in [1.54, 1.807) is 4.90 Å². The van der Waals surface area contributed by atoms with Gasteiger partial charge >= 0.3 is 0 Å². The lowest BCUT2D eigenvalue weighted by molar-refractivity contribution is -0.140. The summed E-state index contributed by atoms with van der Waals surface area (Å²) in [5.74, 6) is 0.281. The molecule has 0 aromatic carbocycles. The van der Waals surface area contributed by atoms with E-state index < -0.39 is 0 Å². The number of fused-ring (bicyclic) bond motifs is 1. The molecular weight excluding hydrogens is 170 g/mol. The monoisotopic (exact) mass is 179 g/mol. The minimum atomic E-state index is 0.281. The van der Waals surface area contributed by atoms with Crippen molar-refractivity contribution in [1.82, 2.24) is 15.1 Å². The van der Waals surface area contributed by atoms with Gasteiger partial charge in [-0.2, -0.15) is 0 Å². The molecule has 0 saturated carbocycles. The molecule has 5 heteroatoms. The Balaban J connectivity index is 0.000000113. The molecule has 3 rings (SSSR count). The molecule has 0 bridgehead atoms. The smallest absolute Gasteiger partial charge is 0.228 e. The minimum Gasteiger partial charge on any atom is -0.431 e. The van der Waals surface area contributed by atoms with Gasteiger partial charge in [-0.25, -0.2) is 0 Å². The lowest BCUT2D eigenvalue weighted by Gasteiger charge is -2.32. The van der Waals surface area contributed by atoms with Crippen molar-refractivity contribution in [2.45, 2.75) is 18.9 Å². The summed E-state index contributed by atoms with van der Waals surface area (Å²) in [6.45, 7) is 0. The maximum absolute atomic E-state index is 10.6. The van der Waals surface area contributed by atoms with E-state index in [-0.39, 0.29) is 5.91 Å². The SMILES string of the molecule is O=C1C[C@H]2CC=CN12.c1nnco1. The third-order valence-corrected chi connectivity index (χ3v) is 2.05. The Morgan fingerprint density at radius 2 is 2.23 bits per heavy atom. The van der Waals surface area contributed by atoms with Crippen molar-refractivity contribution < 1.29 is 9.21 Å². The summed E-state index contributed by atoms with van der Waals surface area (Å²) in [6, 6.07) is 0.544. The van der Waals surface area contributed by atoms with Gasteiger partial charge in [0.1, 0.15) is 0 Å². The van der Waals surface area contributed by atoms with E-state index in [0.717, 1.165) is 12.8 Å². The molecule has 13 heavy (non-hydrogen) atoms. The molecule has 1 aromatic heterocycles. The fourth-order valence-corrected chi connectivity index (χ4v) is 1.37. The van der Waals surface area contributed by atoms with Crippen LogP contribution in [-0.4, -0.2) is 27.0 Å². The molecule has 3 heterocycles. The number of β-lactam (4-membered cyclic amide) rings is 1. The summed E-state index contributed by atoms with van der Waals surface area (Å²) >= 11 is 0. The van der Waals surface area contributed by atoms with E-state index >= 15 is 0 Å². The van der Waals surface area contributed by atoms with Crippen molar-refractivity contribution in [1.29, 1.82) is 0 Å². The predicted molar refractivity (Wildman–Crippen MR) is 43.3 cm³/mol. The quantitative estimate of drug-likeness (QED) is 0.546. The summed E-state index contributed by atoms with van der Waals surface area (Å²) in [6.07, 6.45) is 8.31. The molecule has 1 fully saturated rings. The Labute approximate surface area is 75.0 Å². The zero-order chi connectivity index (χ0) is 9.10. The molecule has 0 unspecified atom stereocenters. The van der Waals surface area contributed by atoms with Gasteiger partial charge in [-0.3, -0.25) is 4.79 Å². The van der Waals surface area contributed by atoms with E-state index in [1.807, 2.05) is 6.20 Å². The van der Waals surface area contributed by atoms with Crippen molar-refractivity contribution >= 4 is 5.91 Å². The van der Waals surface area contributed by atoms with Crippen LogP contribution in [0.15, 0.2) is 29.5 Å². The Kier molecular flexibility index (Phi) is 2.08. The summed E-state index contributed by atoms with van der Waals surface area (Å²) in [5, 5.41) is 6.61. The zero-order valence-electron chi connectivity index (χ0n) is 6.96. The van der Waals surface area contributed by atoms with Crippen LogP contribution in [0.4, 0.5) is 0 Å². The predicted octanol–water partition coefficient (Wildman–Crippen LogP) is 0.574. The van der Waals surface area contributed by atoms with Crippen molar-refractivity contribution in [3.63, 3.8) is 0 Å². The molecule has 1 atom stereocenters. The summed E-state index contributed by atoms with van der Waals surface area (Å²) in [5.41, 5.74) is 0. The highest BCUT2D eigenvalue weighted by Gasteiger charge is 2.35. The standard InChI is InChI=1S/C6H7NO.C2H2N2O/c8-6-4-5-2-1-3-7(5)6;1-3-4-2-5-1/h1,3,5H,2,4H2;1-2H/t5-;/m1./s1. The molecule has 0 spiro atoms. The van der Waals surface area contributed by atoms with Crippen molar-refractivity contribution in [3.05, 3.63) is 25.1 Å². The highest BCUT2D eigenvalue weighted by atomic mass is 16.3. The molecule has 0 N–H and O–H groups in total. The second-order valence-electron chi connectivity index (χ2n) is 2.86. The average molecular weight is 179 g/mol. The molecule has 1 amide bonds. The number of amides is 1. The number of hydrogen-bond donors (Lipinski definition) is 0. The van der Waals surface area contributed by atoms with Gasteiger partial charge < -0.3 is 9.32 Å². The Bertz CT molecular complexity index is 290. The van der Waals surface area contributed by atoms with Gasteiger partial charge in [0.15, 0.2) is 0 Å². The number of carbonyl (C=O) groups excluding carboxylic acids is 1. The van der Waals surface area contributed by atoms with Gasteiger partial charge in [-0.15, -0.1) is 10.2 Å². The van der Waals surface area contributed by atoms with Crippen LogP contribution in [0.1, 0.15) is 12.8 Å². The second-order valence-corrected chi connectivity index (χ2v) is 2.86. The first-order valence-corrected chi connectivity index (χ1v) is 4.04. The van der Waals surface area contributed by atoms with E-state index in [0.29, 0.717) is 6.04 Å². The highest BCUT2D eigenvalue weighted by molar-refractivity contribution is 5.84. The van der Waals surface area contributed by atoms with Crippen molar-refractivity contribution in [2.75, 3.05) is 0 Å². The van der Waals surface area contributed by atoms with Crippen LogP contribution >= 0.6 is 0 Å². The highest BCUT2D eigenvalue weighted by Crippen LogP contribution is 2.27. The fraction of sp³-hybridized carbons (Fsp3) is 0.375. The number of nitrogens with zero attached hydrogens (tertiary/aromatic N) is 3. The van der Waals surface area contributed by atoms with Crippen LogP contribution in [0.5, 0.6) is 0 Å². The average Bonchev–Trinajstić information content (AvgIpc) is 2.73. The van der Waals surface area contributed by atoms with Crippen LogP contribution in [-0.2, 0) is 4.79 Å². The van der Waals surface area contributed by atoms with Gasteiger partial charge in [0.05, 0.1) is 0 Å². The van der Waals surface area contributed by atoms with Crippen LogP contribution in [0, 0.1) is 0 Å². The van der Waals surface area contributed by atoms with Gasteiger partial charge in [-0.1, -0.05) is 6.08 Å². The van der Waals surface area contributed by atoms with Crippen molar-refractivity contribution in [3.8, 4) is 0 Å². The molecule has 68 valence electrons. The summed E-state index contributed by atoms with van der Waals surface area (Å²) in [4.78, 5) is 12.4. The first-order chi connectivity index (χ1) is 6.38. The first kappa shape index (κ1) is 7.97. The normalized spacial score (nSPS) is 23.2. The molecule has 0 radical (unpaired) electrons. The first-order valence-electron chi connectivity index (χ1n) is 4.04. The molecule has 2 aliphatic heterocycles. The maximum Gasteiger partial charge on any atom is 0.228 e. The van der Waals surface area contributed by atoms with Gasteiger partial charge in [-0.05, 0) is 6.42 Å². The Morgan fingerprint density at radius 1 is 1.46 bits per heavy atom. The van der Waals surface area contributed by atoms with E-state index in [4.69, 9.17) is 0 Å². The van der Waals surface area contributed by atoms with Crippen molar-refractivity contribution in [2.24, 2.45) is 0 Å². The van der Waals surface area contributed by atoms with Crippen LogP contribution < -0.4 is 0 Å². The van der Waals surface area contributed by atoms with Gasteiger partial charge in [0, 0.05) is 18.7 Å².